The summed E-state index contributed by atoms with van der Waals surface area (Å²) in [4.78, 5) is 24.7. The molecule has 0 aliphatic heterocycles. The third kappa shape index (κ3) is 5.54. The Balaban J connectivity index is 1.48. The molecule has 0 saturated heterocycles. The fourth-order valence-corrected chi connectivity index (χ4v) is 7.48. The quantitative estimate of drug-likeness (QED) is 0.268. The number of aryl methyl sites for hydroxylation is 1. The number of ether oxygens (including phenoxy) is 1. The van der Waals surface area contributed by atoms with Crippen LogP contribution in [0, 0.1) is 6.92 Å². The van der Waals surface area contributed by atoms with Crippen LogP contribution in [0.3, 0.4) is 0 Å². The van der Waals surface area contributed by atoms with Gasteiger partial charge < -0.3 is 4.74 Å². The maximum atomic E-state index is 13.9. The molecule has 2 heterocycles. The molecule has 0 unspecified atom stereocenters. The van der Waals surface area contributed by atoms with Crippen LogP contribution in [0.2, 0.25) is 0 Å². The Hall–Kier alpha value is -3.34. The van der Waals surface area contributed by atoms with Gasteiger partial charge in [-0.1, -0.05) is 42.7 Å². The van der Waals surface area contributed by atoms with E-state index in [1.54, 1.807) is 43.6 Å². The number of benzene rings is 2. The number of methoxy groups -OCH3 is 1. The molecule has 204 valence electrons. The van der Waals surface area contributed by atoms with Gasteiger partial charge >= 0.3 is 0 Å². The topological polar surface area (TPSA) is 92.7 Å². The van der Waals surface area contributed by atoms with E-state index < -0.39 is 10.0 Å². The Morgan fingerprint density at radius 2 is 1.82 bits per heavy atom. The van der Waals surface area contributed by atoms with Crippen LogP contribution in [-0.2, 0) is 16.6 Å². The minimum Gasteiger partial charge on any atom is -0.494 e. The van der Waals surface area contributed by atoms with Crippen LogP contribution in [0.4, 0.5) is 5.13 Å². The van der Waals surface area contributed by atoms with Crippen LogP contribution < -0.4 is 9.64 Å². The van der Waals surface area contributed by atoms with Crippen molar-refractivity contribution in [1.29, 1.82) is 0 Å². The molecule has 10 heteroatoms. The number of amides is 1. The number of anilines is 1. The molecule has 39 heavy (non-hydrogen) atoms. The Labute approximate surface area is 233 Å². The van der Waals surface area contributed by atoms with Gasteiger partial charge in [-0.15, -0.1) is 0 Å². The van der Waals surface area contributed by atoms with E-state index in [1.807, 2.05) is 31.2 Å². The van der Waals surface area contributed by atoms with Gasteiger partial charge in [0.2, 0.25) is 10.0 Å². The second kappa shape index (κ2) is 11.4. The zero-order chi connectivity index (χ0) is 27.6. The van der Waals surface area contributed by atoms with Gasteiger partial charge in [-0.3, -0.25) is 14.7 Å². The number of nitrogens with zero attached hydrogens (tertiary/aromatic N) is 4. The van der Waals surface area contributed by atoms with Gasteiger partial charge in [0.05, 0.1) is 23.2 Å². The van der Waals surface area contributed by atoms with Crippen LogP contribution in [0.15, 0.2) is 65.8 Å². The van der Waals surface area contributed by atoms with E-state index in [-0.39, 0.29) is 23.4 Å². The minimum atomic E-state index is -3.66. The monoisotopic (exact) mass is 564 g/mol. The van der Waals surface area contributed by atoms with E-state index in [1.165, 1.54) is 27.8 Å². The van der Waals surface area contributed by atoms with E-state index in [0.29, 0.717) is 22.0 Å². The van der Waals surface area contributed by atoms with E-state index in [4.69, 9.17) is 9.72 Å². The summed E-state index contributed by atoms with van der Waals surface area (Å²) in [6.45, 7) is 2.26. The van der Waals surface area contributed by atoms with Crippen molar-refractivity contribution >= 4 is 42.6 Å². The van der Waals surface area contributed by atoms with Crippen LogP contribution in [0.5, 0.6) is 5.75 Å². The first-order valence-electron chi connectivity index (χ1n) is 13.0. The van der Waals surface area contributed by atoms with Crippen molar-refractivity contribution in [2.24, 2.45) is 0 Å². The normalized spacial score (nSPS) is 14.6. The molecular weight excluding hydrogens is 532 g/mol. The molecule has 1 fully saturated rings. The molecule has 5 rings (SSSR count). The average molecular weight is 565 g/mol. The van der Waals surface area contributed by atoms with E-state index in [0.717, 1.165) is 47.9 Å². The highest BCUT2D eigenvalue weighted by Crippen LogP contribution is 2.37. The molecule has 0 atom stereocenters. The van der Waals surface area contributed by atoms with Crippen molar-refractivity contribution in [3.8, 4) is 5.75 Å². The number of sulfonamides is 1. The SMILES string of the molecule is COc1ccc(C)c2sc(N(Cc3cccnc3)C(=O)c3ccc(S(=O)(=O)N(C)C4CCCCC4)cc3)nc12. The summed E-state index contributed by atoms with van der Waals surface area (Å²) < 4.78 is 34.6. The van der Waals surface area contributed by atoms with Crippen molar-refractivity contribution in [3.05, 3.63) is 77.6 Å². The number of pyridine rings is 1. The maximum Gasteiger partial charge on any atom is 0.260 e. The van der Waals surface area contributed by atoms with Gasteiger partial charge in [0.25, 0.3) is 5.91 Å². The van der Waals surface area contributed by atoms with Crippen molar-refractivity contribution < 1.29 is 17.9 Å². The second-order valence-electron chi connectivity index (χ2n) is 9.85. The lowest BCUT2D eigenvalue weighted by Gasteiger charge is -2.30. The summed E-state index contributed by atoms with van der Waals surface area (Å²) in [5.41, 5.74) is 2.97. The highest BCUT2D eigenvalue weighted by Gasteiger charge is 2.30. The Bertz CT molecular complexity index is 1560. The van der Waals surface area contributed by atoms with Crippen molar-refractivity contribution in [2.75, 3.05) is 19.1 Å². The van der Waals surface area contributed by atoms with E-state index in [9.17, 15) is 13.2 Å². The summed E-state index contributed by atoms with van der Waals surface area (Å²) in [7, 11) is -0.400. The standard InChI is InChI=1S/C29H32N4O4S2/c1-20-11-16-25(37-3)26-27(20)38-29(31-26)33(19-21-8-7-17-30-18-21)28(34)22-12-14-24(15-13-22)39(35,36)32(2)23-9-5-4-6-10-23/h7-8,11-18,23H,4-6,9-10,19H2,1-3H3. The van der Waals surface area contributed by atoms with Gasteiger partial charge in [-0.25, -0.2) is 13.4 Å². The molecular formula is C29H32N4O4S2. The number of carbonyl (C=O) groups is 1. The molecule has 0 spiro atoms. The third-order valence-corrected chi connectivity index (χ3v) is 10.5. The highest BCUT2D eigenvalue weighted by molar-refractivity contribution is 7.89. The summed E-state index contributed by atoms with van der Waals surface area (Å²) in [6.07, 6.45) is 8.40. The lowest BCUT2D eigenvalue weighted by molar-refractivity contribution is 0.0985. The van der Waals surface area contributed by atoms with E-state index >= 15 is 0 Å². The third-order valence-electron chi connectivity index (χ3n) is 7.32. The summed E-state index contributed by atoms with van der Waals surface area (Å²) >= 11 is 1.42. The van der Waals surface area contributed by atoms with Crippen molar-refractivity contribution in [1.82, 2.24) is 14.3 Å². The fourth-order valence-electron chi connectivity index (χ4n) is 5.01. The molecule has 8 nitrogen and oxygen atoms in total. The number of carbonyl (C=O) groups excluding carboxylic acids is 1. The molecule has 2 aromatic carbocycles. The number of rotatable bonds is 8. The predicted octanol–water partition coefficient (Wildman–Crippen LogP) is 5.81. The Morgan fingerprint density at radius 3 is 2.49 bits per heavy atom. The lowest BCUT2D eigenvalue weighted by Crippen LogP contribution is -2.38. The van der Waals surface area contributed by atoms with Gasteiger partial charge in [0, 0.05) is 31.0 Å². The smallest absolute Gasteiger partial charge is 0.260 e. The fraction of sp³-hybridized carbons (Fsp3) is 0.345. The molecule has 2 aromatic heterocycles. The number of hydrogen-bond acceptors (Lipinski definition) is 7. The van der Waals surface area contributed by atoms with Gasteiger partial charge in [-0.05, 0) is 67.3 Å². The number of aromatic nitrogens is 2. The largest absolute Gasteiger partial charge is 0.494 e. The zero-order valence-corrected chi connectivity index (χ0v) is 24.0. The highest BCUT2D eigenvalue weighted by atomic mass is 32.2. The van der Waals surface area contributed by atoms with Gasteiger partial charge in [0.15, 0.2) is 5.13 Å². The molecule has 1 saturated carbocycles. The van der Waals surface area contributed by atoms with Crippen LogP contribution in [0.1, 0.15) is 53.6 Å². The lowest BCUT2D eigenvalue weighted by atomic mass is 9.96. The first kappa shape index (κ1) is 27.2. The summed E-state index contributed by atoms with van der Waals surface area (Å²) in [5.74, 6) is 0.364. The molecule has 1 aliphatic rings. The van der Waals surface area contributed by atoms with Crippen molar-refractivity contribution in [2.45, 2.75) is 56.5 Å². The molecule has 1 aliphatic carbocycles. The minimum absolute atomic E-state index is 0.0134. The number of thiazole rings is 1. The molecule has 0 radical (unpaired) electrons. The molecule has 0 N–H and O–H groups in total. The van der Waals surface area contributed by atoms with Gasteiger partial charge in [0.1, 0.15) is 11.3 Å². The average Bonchev–Trinajstić information content (AvgIpc) is 3.43. The van der Waals surface area contributed by atoms with Crippen molar-refractivity contribution in [3.63, 3.8) is 0 Å². The van der Waals surface area contributed by atoms with Crippen LogP contribution in [0.25, 0.3) is 10.2 Å². The Morgan fingerprint density at radius 1 is 1.08 bits per heavy atom. The maximum absolute atomic E-state index is 13.9. The second-order valence-corrected chi connectivity index (χ2v) is 12.8. The molecule has 1 amide bonds. The number of hydrogen-bond donors (Lipinski definition) is 0. The first-order chi connectivity index (χ1) is 18.8. The first-order valence-corrected chi connectivity index (χ1v) is 15.3. The van der Waals surface area contributed by atoms with Gasteiger partial charge in [-0.2, -0.15) is 4.31 Å². The molecule has 0 bridgehead atoms. The van der Waals surface area contributed by atoms with E-state index in [2.05, 4.69) is 4.98 Å². The summed E-state index contributed by atoms with van der Waals surface area (Å²) in [6, 6.07) is 13.8. The Kier molecular flexibility index (Phi) is 7.97. The van der Waals surface area contributed by atoms with Crippen LogP contribution in [-0.4, -0.2) is 48.8 Å². The van der Waals surface area contributed by atoms with Crippen LogP contribution >= 0.6 is 11.3 Å². The molecule has 4 aromatic rings. The predicted molar refractivity (Wildman–Crippen MR) is 154 cm³/mol. The summed E-state index contributed by atoms with van der Waals surface area (Å²) in [5, 5.41) is 0.528. The zero-order valence-electron chi connectivity index (χ0n) is 22.3. The number of fused-ring (bicyclic) bond motifs is 1.